The predicted octanol–water partition coefficient (Wildman–Crippen LogP) is 2.78. The number of ether oxygens (including phenoxy) is 1. The smallest absolute Gasteiger partial charge is 0.336 e. The van der Waals surface area contributed by atoms with Crippen molar-refractivity contribution >= 4 is 16.9 Å². The maximum atomic E-state index is 11.4. The number of aryl methyl sites for hydroxylation is 1. The summed E-state index contributed by atoms with van der Waals surface area (Å²) in [6.45, 7) is 2.14. The number of carbonyl (C=O) groups excluding carboxylic acids is 1. The molecular formula is C18H15NO4. The van der Waals surface area contributed by atoms with E-state index in [0.717, 1.165) is 16.5 Å². The summed E-state index contributed by atoms with van der Waals surface area (Å²) in [5, 5.41) is 0.868. The first-order chi connectivity index (χ1) is 11.0. The summed E-state index contributed by atoms with van der Waals surface area (Å²) in [7, 11) is 0. The molecule has 0 aliphatic rings. The van der Waals surface area contributed by atoms with Crippen molar-refractivity contribution in [2.24, 2.45) is 5.73 Å². The van der Waals surface area contributed by atoms with Crippen molar-refractivity contribution in [3.63, 3.8) is 0 Å². The van der Waals surface area contributed by atoms with Gasteiger partial charge in [-0.2, -0.15) is 0 Å². The molecule has 0 bridgehead atoms. The monoisotopic (exact) mass is 309 g/mol. The summed E-state index contributed by atoms with van der Waals surface area (Å²) in [5.74, 6) is 0.102. The minimum absolute atomic E-state index is 0.280. The highest BCUT2D eigenvalue weighted by molar-refractivity contribution is 5.92. The van der Waals surface area contributed by atoms with Crippen molar-refractivity contribution in [3.8, 4) is 5.75 Å². The molecule has 2 aromatic carbocycles. The second-order valence-corrected chi connectivity index (χ2v) is 5.26. The van der Waals surface area contributed by atoms with Gasteiger partial charge in [-0.15, -0.1) is 0 Å². The average molecular weight is 309 g/mol. The van der Waals surface area contributed by atoms with E-state index in [2.05, 4.69) is 0 Å². The van der Waals surface area contributed by atoms with E-state index in [1.54, 1.807) is 24.3 Å². The van der Waals surface area contributed by atoms with Crippen LogP contribution in [0.5, 0.6) is 5.75 Å². The molecule has 116 valence electrons. The van der Waals surface area contributed by atoms with E-state index in [1.165, 1.54) is 6.07 Å². The van der Waals surface area contributed by atoms with Crippen LogP contribution in [0.15, 0.2) is 57.7 Å². The van der Waals surface area contributed by atoms with Crippen LogP contribution in [0.25, 0.3) is 11.0 Å². The summed E-state index contributed by atoms with van der Waals surface area (Å²) in [6, 6.07) is 13.7. The highest BCUT2D eigenvalue weighted by atomic mass is 16.5. The van der Waals surface area contributed by atoms with Crippen molar-refractivity contribution in [2.75, 3.05) is 0 Å². The molecule has 23 heavy (non-hydrogen) atoms. The largest absolute Gasteiger partial charge is 0.489 e. The van der Waals surface area contributed by atoms with E-state index < -0.39 is 5.91 Å². The van der Waals surface area contributed by atoms with Crippen LogP contribution in [0.4, 0.5) is 0 Å². The lowest BCUT2D eigenvalue weighted by atomic mass is 10.1. The molecule has 1 heterocycles. The van der Waals surface area contributed by atoms with Crippen molar-refractivity contribution in [1.29, 1.82) is 0 Å². The van der Waals surface area contributed by atoms with Gasteiger partial charge in [0.25, 0.3) is 0 Å². The number of benzene rings is 2. The van der Waals surface area contributed by atoms with E-state index in [9.17, 15) is 9.59 Å². The van der Waals surface area contributed by atoms with Crippen LogP contribution < -0.4 is 16.1 Å². The Morgan fingerprint density at radius 1 is 1.17 bits per heavy atom. The molecule has 0 saturated heterocycles. The Morgan fingerprint density at radius 2 is 2.00 bits per heavy atom. The van der Waals surface area contributed by atoms with Crippen LogP contribution in [0, 0.1) is 6.92 Å². The quantitative estimate of drug-likeness (QED) is 0.751. The molecule has 0 radical (unpaired) electrons. The number of fused-ring (bicyclic) bond motifs is 1. The molecular weight excluding hydrogens is 294 g/mol. The molecule has 0 unspecified atom stereocenters. The Balaban J connectivity index is 1.83. The van der Waals surface area contributed by atoms with Gasteiger partial charge >= 0.3 is 5.63 Å². The third-order valence-corrected chi connectivity index (χ3v) is 3.54. The Labute approximate surface area is 132 Å². The van der Waals surface area contributed by atoms with Crippen molar-refractivity contribution in [3.05, 3.63) is 75.6 Å². The fraction of sp³-hybridized carbons (Fsp3) is 0.111. The van der Waals surface area contributed by atoms with Gasteiger partial charge < -0.3 is 14.9 Å². The van der Waals surface area contributed by atoms with Gasteiger partial charge in [-0.05, 0) is 42.3 Å². The summed E-state index contributed by atoms with van der Waals surface area (Å²) in [4.78, 5) is 22.6. The minimum atomic E-state index is -0.477. The van der Waals surface area contributed by atoms with Gasteiger partial charge in [0, 0.05) is 23.1 Å². The molecule has 2 N–H and O–H groups in total. The first-order valence-electron chi connectivity index (χ1n) is 7.09. The maximum absolute atomic E-state index is 11.4. The Hall–Kier alpha value is -3.08. The lowest BCUT2D eigenvalue weighted by Gasteiger charge is -2.08. The molecule has 0 aliphatic carbocycles. The number of hydrogen-bond donors (Lipinski definition) is 1. The summed E-state index contributed by atoms with van der Waals surface area (Å²) in [5.41, 5.74) is 7.48. The van der Waals surface area contributed by atoms with Gasteiger partial charge in [-0.25, -0.2) is 4.79 Å². The van der Waals surface area contributed by atoms with Gasteiger partial charge in [-0.3, -0.25) is 4.79 Å². The zero-order chi connectivity index (χ0) is 16.4. The van der Waals surface area contributed by atoms with Crippen LogP contribution in [0.1, 0.15) is 21.5 Å². The fourth-order valence-corrected chi connectivity index (χ4v) is 2.38. The second-order valence-electron chi connectivity index (χ2n) is 5.26. The molecule has 1 aromatic heterocycles. The highest BCUT2D eigenvalue weighted by Gasteiger charge is 2.05. The maximum Gasteiger partial charge on any atom is 0.336 e. The zero-order valence-corrected chi connectivity index (χ0v) is 12.5. The molecule has 0 atom stereocenters. The molecule has 3 aromatic rings. The number of hydrogen-bond acceptors (Lipinski definition) is 4. The first-order valence-corrected chi connectivity index (χ1v) is 7.09. The molecule has 0 aliphatic heterocycles. The summed E-state index contributed by atoms with van der Waals surface area (Å²) < 4.78 is 10.9. The van der Waals surface area contributed by atoms with E-state index in [-0.39, 0.29) is 12.2 Å². The predicted molar refractivity (Wildman–Crippen MR) is 86.5 cm³/mol. The van der Waals surface area contributed by atoms with Gasteiger partial charge in [-0.1, -0.05) is 12.1 Å². The second kappa shape index (κ2) is 5.96. The van der Waals surface area contributed by atoms with Crippen LogP contribution in [-0.4, -0.2) is 5.91 Å². The van der Waals surface area contributed by atoms with Gasteiger partial charge in [0.05, 0.1) is 0 Å². The highest BCUT2D eigenvalue weighted by Crippen LogP contribution is 2.23. The zero-order valence-electron chi connectivity index (χ0n) is 12.5. The van der Waals surface area contributed by atoms with Gasteiger partial charge in [0.2, 0.25) is 5.91 Å². The third kappa shape index (κ3) is 3.23. The number of primary amides is 1. The SMILES string of the molecule is Cc1cc(=O)oc2cc(OCc3cccc(C(N)=O)c3)ccc12. The topological polar surface area (TPSA) is 82.5 Å². The van der Waals surface area contributed by atoms with Crippen molar-refractivity contribution in [1.82, 2.24) is 0 Å². The summed E-state index contributed by atoms with van der Waals surface area (Å²) >= 11 is 0. The van der Waals surface area contributed by atoms with Crippen molar-refractivity contribution in [2.45, 2.75) is 13.5 Å². The first kappa shape index (κ1) is 14.8. The van der Waals surface area contributed by atoms with Crippen LogP contribution in [-0.2, 0) is 6.61 Å². The third-order valence-electron chi connectivity index (χ3n) is 3.54. The molecule has 5 nitrogen and oxygen atoms in total. The fourth-order valence-electron chi connectivity index (χ4n) is 2.38. The van der Waals surface area contributed by atoms with Gasteiger partial charge in [0.15, 0.2) is 0 Å². The number of nitrogens with two attached hydrogens (primary N) is 1. The molecule has 5 heteroatoms. The standard InChI is InChI=1S/C18H15NO4/c1-11-7-17(20)23-16-9-14(5-6-15(11)16)22-10-12-3-2-4-13(8-12)18(19)21/h2-9H,10H2,1H3,(H2,19,21). The Bertz CT molecular complexity index is 943. The average Bonchev–Trinajstić information content (AvgIpc) is 2.52. The van der Waals surface area contributed by atoms with E-state index in [1.807, 2.05) is 25.1 Å². The number of rotatable bonds is 4. The molecule has 3 rings (SSSR count). The van der Waals surface area contributed by atoms with Crippen molar-refractivity contribution < 1.29 is 13.9 Å². The Kier molecular flexibility index (Phi) is 3.85. The van der Waals surface area contributed by atoms with Crippen LogP contribution >= 0.6 is 0 Å². The number of amides is 1. The minimum Gasteiger partial charge on any atom is -0.489 e. The van der Waals surface area contributed by atoms with Crippen LogP contribution in [0.3, 0.4) is 0 Å². The number of carbonyl (C=O) groups is 1. The van der Waals surface area contributed by atoms with E-state index in [0.29, 0.717) is 16.9 Å². The molecule has 1 amide bonds. The van der Waals surface area contributed by atoms with Crippen LogP contribution in [0.2, 0.25) is 0 Å². The summed E-state index contributed by atoms with van der Waals surface area (Å²) in [6.07, 6.45) is 0. The normalized spacial score (nSPS) is 10.7. The molecule has 0 spiro atoms. The lowest BCUT2D eigenvalue weighted by molar-refractivity contribution is 0.1000. The van der Waals surface area contributed by atoms with E-state index in [4.69, 9.17) is 14.9 Å². The van der Waals surface area contributed by atoms with E-state index >= 15 is 0 Å². The molecule has 0 fully saturated rings. The molecule has 0 saturated carbocycles. The van der Waals surface area contributed by atoms with Gasteiger partial charge in [0.1, 0.15) is 17.9 Å². The Morgan fingerprint density at radius 3 is 2.78 bits per heavy atom. The lowest BCUT2D eigenvalue weighted by Crippen LogP contribution is -2.11.